The lowest BCUT2D eigenvalue weighted by Crippen LogP contribution is -1.89. The van der Waals surface area contributed by atoms with Gasteiger partial charge in [0.15, 0.2) is 0 Å². The summed E-state index contributed by atoms with van der Waals surface area (Å²) in [6.45, 7) is 0. The molecule has 0 saturated carbocycles. The molecular weight excluding hydrogens is 186 g/mol. The van der Waals surface area contributed by atoms with E-state index < -0.39 is 0 Å². The molecule has 0 spiro atoms. The SMILES string of the molecule is COc1ccc(Nc2cc[c]cc2)cc1. The minimum absolute atomic E-state index is 0.863. The quantitative estimate of drug-likeness (QED) is 0.817. The first-order chi connectivity index (χ1) is 7.38. The van der Waals surface area contributed by atoms with Crippen molar-refractivity contribution < 1.29 is 4.74 Å². The molecular formula is C13H12NO. The third-order valence-electron chi connectivity index (χ3n) is 2.10. The largest absolute Gasteiger partial charge is 0.497 e. The standard InChI is InChI=1S/C13H12NO/c1-15-13-9-7-12(8-10-13)14-11-5-3-2-4-6-11/h3-10,14H,1H3. The van der Waals surface area contributed by atoms with Crippen molar-refractivity contribution in [3.8, 4) is 5.75 Å². The second kappa shape index (κ2) is 4.51. The molecule has 0 atom stereocenters. The third-order valence-corrected chi connectivity index (χ3v) is 2.10. The molecule has 2 aromatic rings. The van der Waals surface area contributed by atoms with Gasteiger partial charge >= 0.3 is 0 Å². The van der Waals surface area contributed by atoms with E-state index >= 15 is 0 Å². The van der Waals surface area contributed by atoms with Gasteiger partial charge in [-0.25, -0.2) is 0 Å². The van der Waals surface area contributed by atoms with Crippen molar-refractivity contribution in [2.45, 2.75) is 0 Å². The van der Waals surface area contributed by atoms with Gasteiger partial charge in [0.1, 0.15) is 5.75 Å². The molecule has 15 heavy (non-hydrogen) atoms. The van der Waals surface area contributed by atoms with Crippen molar-refractivity contribution in [2.24, 2.45) is 0 Å². The summed E-state index contributed by atoms with van der Waals surface area (Å²) in [5.74, 6) is 0.863. The number of hydrogen-bond donors (Lipinski definition) is 1. The van der Waals surface area contributed by atoms with E-state index in [1.165, 1.54) is 0 Å². The Balaban J connectivity index is 2.11. The van der Waals surface area contributed by atoms with Gasteiger partial charge in [0.05, 0.1) is 7.11 Å². The molecule has 0 unspecified atom stereocenters. The fourth-order valence-corrected chi connectivity index (χ4v) is 1.31. The lowest BCUT2D eigenvalue weighted by molar-refractivity contribution is 0.415. The second-order valence-electron chi connectivity index (χ2n) is 3.14. The van der Waals surface area contributed by atoms with Crippen molar-refractivity contribution in [3.63, 3.8) is 0 Å². The number of methoxy groups -OCH3 is 1. The average Bonchev–Trinajstić information content (AvgIpc) is 2.31. The van der Waals surface area contributed by atoms with E-state index in [1.54, 1.807) is 7.11 Å². The van der Waals surface area contributed by atoms with Crippen LogP contribution in [0.25, 0.3) is 0 Å². The maximum Gasteiger partial charge on any atom is 0.119 e. The Hall–Kier alpha value is -1.96. The number of nitrogens with one attached hydrogen (secondary N) is 1. The molecule has 0 aromatic heterocycles. The summed E-state index contributed by atoms with van der Waals surface area (Å²) in [5.41, 5.74) is 2.10. The highest BCUT2D eigenvalue weighted by Gasteiger charge is 1.94. The van der Waals surface area contributed by atoms with Gasteiger partial charge in [0.25, 0.3) is 0 Å². The monoisotopic (exact) mass is 198 g/mol. The van der Waals surface area contributed by atoms with Crippen molar-refractivity contribution in [3.05, 3.63) is 54.6 Å². The summed E-state index contributed by atoms with van der Waals surface area (Å²) in [6, 6.07) is 18.5. The molecule has 0 aliphatic rings. The summed E-state index contributed by atoms with van der Waals surface area (Å²) >= 11 is 0. The number of anilines is 2. The number of ether oxygens (including phenoxy) is 1. The lowest BCUT2D eigenvalue weighted by atomic mass is 10.2. The van der Waals surface area contributed by atoms with Gasteiger partial charge in [-0.2, -0.15) is 0 Å². The molecule has 2 rings (SSSR count). The number of benzene rings is 2. The molecule has 0 amide bonds. The van der Waals surface area contributed by atoms with E-state index in [0.29, 0.717) is 0 Å². The molecule has 0 heterocycles. The van der Waals surface area contributed by atoms with E-state index in [1.807, 2.05) is 48.5 Å². The van der Waals surface area contributed by atoms with Gasteiger partial charge in [-0.05, 0) is 42.5 Å². The van der Waals surface area contributed by atoms with Crippen LogP contribution in [0.1, 0.15) is 0 Å². The normalized spacial score (nSPS) is 9.67. The van der Waals surface area contributed by atoms with Crippen LogP contribution in [-0.2, 0) is 0 Å². The Morgan fingerprint density at radius 1 is 0.933 bits per heavy atom. The Morgan fingerprint density at radius 3 is 2.13 bits per heavy atom. The van der Waals surface area contributed by atoms with Crippen LogP contribution in [-0.4, -0.2) is 7.11 Å². The highest BCUT2D eigenvalue weighted by atomic mass is 16.5. The molecule has 2 nitrogen and oxygen atoms in total. The molecule has 75 valence electrons. The Bertz CT molecular complexity index is 408. The molecule has 0 aliphatic heterocycles. The van der Waals surface area contributed by atoms with Gasteiger partial charge < -0.3 is 10.1 Å². The van der Waals surface area contributed by atoms with Gasteiger partial charge in [0, 0.05) is 11.4 Å². The van der Waals surface area contributed by atoms with Crippen LogP contribution in [0.5, 0.6) is 5.75 Å². The van der Waals surface area contributed by atoms with E-state index in [9.17, 15) is 0 Å². The van der Waals surface area contributed by atoms with E-state index in [2.05, 4.69) is 11.4 Å². The first-order valence-corrected chi connectivity index (χ1v) is 4.76. The molecule has 2 aromatic carbocycles. The highest BCUT2D eigenvalue weighted by Crippen LogP contribution is 2.19. The Kier molecular flexibility index (Phi) is 2.88. The van der Waals surface area contributed by atoms with E-state index in [0.717, 1.165) is 17.1 Å². The minimum atomic E-state index is 0.863. The van der Waals surface area contributed by atoms with Gasteiger partial charge in [-0.3, -0.25) is 0 Å². The maximum absolute atomic E-state index is 5.09. The zero-order valence-corrected chi connectivity index (χ0v) is 8.53. The molecule has 0 bridgehead atoms. The molecule has 1 radical (unpaired) electrons. The van der Waals surface area contributed by atoms with Crippen LogP contribution >= 0.6 is 0 Å². The first-order valence-electron chi connectivity index (χ1n) is 4.76. The predicted octanol–water partition coefficient (Wildman–Crippen LogP) is 3.24. The summed E-state index contributed by atoms with van der Waals surface area (Å²) < 4.78 is 5.09. The lowest BCUT2D eigenvalue weighted by Gasteiger charge is -2.06. The van der Waals surface area contributed by atoms with Crippen molar-refractivity contribution in [2.75, 3.05) is 12.4 Å². The second-order valence-corrected chi connectivity index (χ2v) is 3.14. The first kappa shape index (κ1) is 9.59. The minimum Gasteiger partial charge on any atom is -0.497 e. The summed E-state index contributed by atoms with van der Waals surface area (Å²) in [7, 11) is 1.66. The van der Waals surface area contributed by atoms with E-state index in [-0.39, 0.29) is 0 Å². The summed E-state index contributed by atoms with van der Waals surface area (Å²) in [6.07, 6.45) is 0. The summed E-state index contributed by atoms with van der Waals surface area (Å²) in [4.78, 5) is 0. The number of hydrogen-bond acceptors (Lipinski definition) is 2. The zero-order valence-electron chi connectivity index (χ0n) is 8.53. The van der Waals surface area contributed by atoms with E-state index in [4.69, 9.17) is 4.74 Å². The van der Waals surface area contributed by atoms with Crippen molar-refractivity contribution in [1.82, 2.24) is 0 Å². The van der Waals surface area contributed by atoms with Crippen LogP contribution < -0.4 is 10.1 Å². The highest BCUT2D eigenvalue weighted by molar-refractivity contribution is 5.59. The molecule has 2 heteroatoms. The van der Waals surface area contributed by atoms with Crippen molar-refractivity contribution in [1.29, 1.82) is 0 Å². The van der Waals surface area contributed by atoms with Crippen LogP contribution in [0, 0.1) is 6.07 Å². The maximum atomic E-state index is 5.09. The van der Waals surface area contributed by atoms with Crippen LogP contribution in [0.2, 0.25) is 0 Å². The smallest absolute Gasteiger partial charge is 0.119 e. The number of rotatable bonds is 3. The van der Waals surface area contributed by atoms with Gasteiger partial charge in [-0.1, -0.05) is 12.1 Å². The molecule has 0 aliphatic carbocycles. The Labute approximate surface area is 89.5 Å². The average molecular weight is 198 g/mol. The fraction of sp³-hybridized carbons (Fsp3) is 0.0769. The predicted molar refractivity (Wildman–Crippen MR) is 61.6 cm³/mol. The van der Waals surface area contributed by atoms with Crippen LogP contribution in [0.15, 0.2) is 48.5 Å². The van der Waals surface area contributed by atoms with Gasteiger partial charge in [0.2, 0.25) is 0 Å². The topological polar surface area (TPSA) is 21.3 Å². The van der Waals surface area contributed by atoms with Crippen molar-refractivity contribution >= 4 is 11.4 Å². The molecule has 0 fully saturated rings. The van der Waals surface area contributed by atoms with Gasteiger partial charge in [-0.15, -0.1) is 0 Å². The Morgan fingerprint density at radius 2 is 1.53 bits per heavy atom. The van der Waals surface area contributed by atoms with Crippen LogP contribution in [0.3, 0.4) is 0 Å². The molecule has 1 N–H and O–H groups in total. The zero-order chi connectivity index (χ0) is 10.5. The third kappa shape index (κ3) is 2.50. The van der Waals surface area contributed by atoms with Crippen LogP contribution in [0.4, 0.5) is 11.4 Å². The summed E-state index contributed by atoms with van der Waals surface area (Å²) in [5, 5.41) is 3.28. The fourth-order valence-electron chi connectivity index (χ4n) is 1.31. The molecule has 0 saturated heterocycles.